The molecular weight excluding hydrogens is 280 g/mol. The number of piperazine rings is 2. The molecule has 0 bridgehead atoms. The summed E-state index contributed by atoms with van der Waals surface area (Å²) in [6.07, 6.45) is 0. The Kier molecular flexibility index (Phi) is 12.9. The van der Waals surface area contributed by atoms with Crippen LogP contribution in [0.15, 0.2) is 0 Å². The van der Waals surface area contributed by atoms with Crippen molar-refractivity contribution in [2.24, 2.45) is 0 Å². The van der Waals surface area contributed by atoms with Gasteiger partial charge in [0.1, 0.15) is 0 Å². The Morgan fingerprint density at radius 1 is 0.682 bits per heavy atom. The van der Waals surface area contributed by atoms with Gasteiger partial charge in [0.05, 0.1) is 13.2 Å². The molecular formula is C16H36N4O2. The van der Waals surface area contributed by atoms with Crippen LogP contribution in [-0.2, 0) is 9.47 Å². The van der Waals surface area contributed by atoms with Crippen LogP contribution in [0.4, 0.5) is 0 Å². The van der Waals surface area contributed by atoms with E-state index < -0.39 is 0 Å². The molecule has 0 aromatic rings. The average Bonchev–Trinajstić information content (AvgIpc) is 2.58. The molecule has 0 atom stereocenters. The van der Waals surface area contributed by atoms with Crippen LogP contribution < -0.4 is 10.6 Å². The van der Waals surface area contributed by atoms with Crippen molar-refractivity contribution in [1.82, 2.24) is 20.4 Å². The van der Waals surface area contributed by atoms with Gasteiger partial charge in [0.2, 0.25) is 0 Å². The van der Waals surface area contributed by atoms with Crippen molar-refractivity contribution in [1.29, 1.82) is 0 Å². The standard InChI is InChI=1S/2C8H18N2O/c2*1-2-11-8-7-10-5-3-9-4-6-10/h2*9H,2-8H2,1H3. The van der Waals surface area contributed by atoms with Crippen LogP contribution in [0.2, 0.25) is 0 Å². The maximum absolute atomic E-state index is 5.27. The van der Waals surface area contributed by atoms with Crippen molar-refractivity contribution >= 4 is 0 Å². The summed E-state index contributed by atoms with van der Waals surface area (Å²) < 4.78 is 10.5. The Labute approximate surface area is 136 Å². The van der Waals surface area contributed by atoms with Gasteiger partial charge in [0, 0.05) is 78.7 Å². The summed E-state index contributed by atoms with van der Waals surface area (Å²) in [5.41, 5.74) is 0. The second kappa shape index (κ2) is 14.4. The molecule has 132 valence electrons. The van der Waals surface area contributed by atoms with Gasteiger partial charge < -0.3 is 20.1 Å². The normalized spacial score (nSPS) is 20.5. The second-order valence-electron chi connectivity index (χ2n) is 5.58. The first-order valence-corrected chi connectivity index (χ1v) is 8.88. The largest absolute Gasteiger partial charge is 0.380 e. The molecule has 0 saturated carbocycles. The quantitative estimate of drug-likeness (QED) is 0.608. The van der Waals surface area contributed by atoms with Crippen molar-refractivity contribution in [3.05, 3.63) is 0 Å². The molecule has 6 heteroatoms. The number of ether oxygens (including phenoxy) is 2. The van der Waals surface area contributed by atoms with E-state index in [2.05, 4.69) is 20.4 Å². The van der Waals surface area contributed by atoms with Gasteiger partial charge in [-0.25, -0.2) is 0 Å². The third-order valence-electron chi connectivity index (χ3n) is 3.93. The summed E-state index contributed by atoms with van der Waals surface area (Å²) in [6.45, 7) is 18.9. The summed E-state index contributed by atoms with van der Waals surface area (Å²) in [4.78, 5) is 4.87. The number of rotatable bonds is 8. The lowest BCUT2D eigenvalue weighted by Gasteiger charge is -2.26. The number of hydrogen-bond acceptors (Lipinski definition) is 6. The zero-order valence-corrected chi connectivity index (χ0v) is 14.6. The highest BCUT2D eigenvalue weighted by Crippen LogP contribution is 1.91. The average molecular weight is 316 g/mol. The van der Waals surface area contributed by atoms with Gasteiger partial charge in [-0.1, -0.05) is 0 Å². The van der Waals surface area contributed by atoms with E-state index >= 15 is 0 Å². The lowest BCUT2D eigenvalue weighted by Crippen LogP contribution is -2.44. The molecule has 0 aromatic heterocycles. The fourth-order valence-corrected chi connectivity index (χ4v) is 2.55. The molecule has 2 aliphatic rings. The Morgan fingerprint density at radius 2 is 1.05 bits per heavy atom. The number of hydrogen-bond donors (Lipinski definition) is 2. The molecule has 0 aliphatic carbocycles. The summed E-state index contributed by atoms with van der Waals surface area (Å²) in [5.74, 6) is 0. The van der Waals surface area contributed by atoms with Crippen LogP contribution in [0, 0.1) is 0 Å². The van der Waals surface area contributed by atoms with Crippen molar-refractivity contribution < 1.29 is 9.47 Å². The van der Waals surface area contributed by atoms with Gasteiger partial charge in [-0.2, -0.15) is 0 Å². The third kappa shape index (κ3) is 10.5. The van der Waals surface area contributed by atoms with Crippen LogP contribution in [0.1, 0.15) is 13.8 Å². The Morgan fingerprint density at radius 3 is 1.36 bits per heavy atom. The second-order valence-corrected chi connectivity index (χ2v) is 5.58. The van der Waals surface area contributed by atoms with Crippen LogP contribution in [-0.4, -0.2) is 102 Å². The SMILES string of the molecule is CCOCCN1CCNCC1.CCOCCN1CCNCC1. The molecule has 0 unspecified atom stereocenters. The van der Waals surface area contributed by atoms with Gasteiger partial charge in [0.25, 0.3) is 0 Å². The van der Waals surface area contributed by atoms with E-state index in [0.717, 1.165) is 65.7 Å². The monoisotopic (exact) mass is 316 g/mol. The number of nitrogens with zero attached hydrogens (tertiary/aromatic N) is 2. The summed E-state index contributed by atoms with van der Waals surface area (Å²) >= 11 is 0. The van der Waals surface area contributed by atoms with Crippen LogP contribution >= 0.6 is 0 Å². The Bertz CT molecular complexity index is 208. The predicted molar refractivity (Wildman–Crippen MR) is 91.6 cm³/mol. The molecule has 0 spiro atoms. The van der Waals surface area contributed by atoms with Gasteiger partial charge in [-0.05, 0) is 13.8 Å². The fraction of sp³-hybridized carbons (Fsp3) is 1.00. The highest BCUT2D eigenvalue weighted by Gasteiger charge is 2.08. The zero-order chi connectivity index (χ0) is 15.9. The molecule has 2 heterocycles. The van der Waals surface area contributed by atoms with E-state index in [1.165, 1.54) is 26.2 Å². The van der Waals surface area contributed by atoms with Crippen LogP contribution in [0.3, 0.4) is 0 Å². The predicted octanol–water partition coefficient (Wildman–Crippen LogP) is -0.144. The first-order valence-electron chi connectivity index (χ1n) is 8.88. The third-order valence-corrected chi connectivity index (χ3v) is 3.93. The van der Waals surface area contributed by atoms with Crippen molar-refractivity contribution in [2.45, 2.75) is 13.8 Å². The van der Waals surface area contributed by atoms with Crippen molar-refractivity contribution in [3.8, 4) is 0 Å². The van der Waals surface area contributed by atoms with Crippen molar-refractivity contribution in [2.75, 3.05) is 91.9 Å². The minimum Gasteiger partial charge on any atom is -0.380 e. The molecule has 2 rings (SSSR count). The number of nitrogens with one attached hydrogen (secondary N) is 2. The molecule has 0 amide bonds. The molecule has 6 nitrogen and oxygen atoms in total. The van der Waals surface area contributed by atoms with Gasteiger partial charge in [-0.15, -0.1) is 0 Å². The maximum atomic E-state index is 5.27. The minimum absolute atomic E-state index is 0.839. The van der Waals surface area contributed by atoms with E-state index in [0.29, 0.717) is 0 Å². The van der Waals surface area contributed by atoms with E-state index in [9.17, 15) is 0 Å². The molecule has 2 saturated heterocycles. The van der Waals surface area contributed by atoms with Crippen LogP contribution in [0.25, 0.3) is 0 Å². The van der Waals surface area contributed by atoms with E-state index in [4.69, 9.17) is 9.47 Å². The highest BCUT2D eigenvalue weighted by molar-refractivity contribution is 4.67. The molecule has 0 radical (unpaired) electrons. The first kappa shape index (κ1) is 19.8. The van der Waals surface area contributed by atoms with Crippen LogP contribution in [0.5, 0.6) is 0 Å². The summed E-state index contributed by atoms with van der Waals surface area (Å²) in [6, 6.07) is 0. The van der Waals surface area contributed by atoms with Gasteiger partial charge in [0.15, 0.2) is 0 Å². The lowest BCUT2D eigenvalue weighted by molar-refractivity contribution is 0.108. The molecule has 2 N–H and O–H groups in total. The van der Waals surface area contributed by atoms with Crippen molar-refractivity contribution in [3.63, 3.8) is 0 Å². The fourth-order valence-electron chi connectivity index (χ4n) is 2.55. The topological polar surface area (TPSA) is 49.0 Å². The molecule has 2 aliphatic heterocycles. The van der Waals surface area contributed by atoms with Gasteiger partial charge >= 0.3 is 0 Å². The molecule has 22 heavy (non-hydrogen) atoms. The molecule has 0 aromatic carbocycles. The maximum Gasteiger partial charge on any atom is 0.0593 e. The van der Waals surface area contributed by atoms with E-state index in [1.54, 1.807) is 0 Å². The first-order chi connectivity index (χ1) is 10.9. The minimum atomic E-state index is 0.839. The lowest BCUT2D eigenvalue weighted by atomic mass is 10.4. The van der Waals surface area contributed by atoms with E-state index in [1.807, 2.05) is 13.8 Å². The Hall–Kier alpha value is -0.240. The Balaban J connectivity index is 0.000000220. The highest BCUT2D eigenvalue weighted by atomic mass is 16.5. The smallest absolute Gasteiger partial charge is 0.0593 e. The zero-order valence-electron chi connectivity index (χ0n) is 14.6. The molecule has 2 fully saturated rings. The van der Waals surface area contributed by atoms with E-state index in [-0.39, 0.29) is 0 Å². The summed E-state index contributed by atoms with van der Waals surface area (Å²) in [5, 5.41) is 6.65. The summed E-state index contributed by atoms with van der Waals surface area (Å²) in [7, 11) is 0. The van der Waals surface area contributed by atoms with Gasteiger partial charge in [-0.3, -0.25) is 9.80 Å².